The number of nitrogens with zero attached hydrogens (tertiary/aromatic N) is 3. The number of anilines is 1. The predicted molar refractivity (Wildman–Crippen MR) is 125 cm³/mol. The summed E-state index contributed by atoms with van der Waals surface area (Å²) in [6, 6.07) is 3.75. The minimum absolute atomic E-state index is 0.257. The Kier molecular flexibility index (Phi) is 6.79. The lowest BCUT2D eigenvalue weighted by Gasteiger charge is -2.41. The summed E-state index contributed by atoms with van der Waals surface area (Å²) < 4.78 is 11.4. The van der Waals surface area contributed by atoms with Crippen molar-refractivity contribution in [1.82, 2.24) is 9.97 Å². The van der Waals surface area contributed by atoms with E-state index in [9.17, 15) is 9.90 Å². The zero-order valence-electron chi connectivity index (χ0n) is 20.2. The molecule has 7 nitrogen and oxygen atoms in total. The van der Waals surface area contributed by atoms with E-state index < -0.39 is 17.7 Å². The fourth-order valence-corrected chi connectivity index (χ4v) is 4.08. The number of carboxylic acid groups (broad SMARTS) is 1. The van der Waals surface area contributed by atoms with Crippen LogP contribution in [-0.4, -0.2) is 46.8 Å². The molecule has 0 amide bonds. The molecule has 32 heavy (non-hydrogen) atoms. The molecule has 1 aliphatic heterocycles. The summed E-state index contributed by atoms with van der Waals surface area (Å²) in [6.07, 6.45) is 4.42. The van der Waals surface area contributed by atoms with E-state index in [1.54, 1.807) is 13.3 Å². The molecule has 1 fully saturated rings. The van der Waals surface area contributed by atoms with Crippen molar-refractivity contribution in [2.45, 2.75) is 66.1 Å². The largest absolute Gasteiger partial charge is 0.481 e. The fourth-order valence-electron chi connectivity index (χ4n) is 4.08. The summed E-state index contributed by atoms with van der Waals surface area (Å²) in [6.45, 7) is 13.7. The third kappa shape index (κ3) is 5.38. The average Bonchev–Trinajstić information content (AvgIpc) is 2.71. The first kappa shape index (κ1) is 24.0. The summed E-state index contributed by atoms with van der Waals surface area (Å²) in [5.74, 6) is -0.524. The topological polar surface area (TPSA) is 84.8 Å². The third-order valence-corrected chi connectivity index (χ3v) is 5.93. The second-order valence-corrected chi connectivity index (χ2v) is 10.2. The van der Waals surface area contributed by atoms with Gasteiger partial charge in [0.25, 0.3) is 0 Å². The van der Waals surface area contributed by atoms with Gasteiger partial charge in [-0.3, -0.25) is 4.98 Å². The number of aryl methyl sites for hydroxylation is 1. The van der Waals surface area contributed by atoms with Gasteiger partial charge >= 0.3 is 5.97 Å². The minimum atomic E-state index is -1.13. The van der Waals surface area contributed by atoms with Crippen molar-refractivity contribution in [2.24, 2.45) is 5.41 Å². The number of methoxy groups -OCH3 is 1. The van der Waals surface area contributed by atoms with E-state index in [0.717, 1.165) is 42.7 Å². The van der Waals surface area contributed by atoms with Crippen molar-refractivity contribution in [3.8, 4) is 17.0 Å². The van der Waals surface area contributed by atoms with Crippen molar-refractivity contribution in [3.05, 3.63) is 35.8 Å². The molecule has 2 aromatic rings. The zero-order chi connectivity index (χ0) is 23.7. The highest BCUT2D eigenvalue weighted by Crippen LogP contribution is 2.43. The maximum Gasteiger partial charge on any atom is 0.337 e. The molecule has 0 aliphatic carbocycles. The average molecular weight is 442 g/mol. The Morgan fingerprint density at radius 2 is 1.88 bits per heavy atom. The number of ether oxygens (including phenoxy) is 2. The quantitative estimate of drug-likeness (QED) is 0.673. The number of pyridine rings is 2. The van der Waals surface area contributed by atoms with Crippen molar-refractivity contribution < 1.29 is 19.4 Å². The molecule has 1 unspecified atom stereocenters. The van der Waals surface area contributed by atoms with E-state index in [1.165, 1.54) is 0 Å². The maximum atomic E-state index is 12.4. The van der Waals surface area contributed by atoms with Crippen LogP contribution in [0.1, 0.15) is 64.8 Å². The number of carbonyl (C=O) groups is 1. The molecule has 0 spiro atoms. The van der Waals surface area contributed by atoms with Gasteiger partial charge in [-0.25, -0.2) is 9.78 Å². The van der Waals surface area contributed by atoms with Crippen LogP contribution in [0.15, 0.2) is 24.5 Å². The lowest BCUT2D eigenvalue weighted by molar-refractivity contribution is -0.160. The molecule has 2 aromatic heterocycles. The number of aromatic nitrogens is 2. The van der Waals surface area contributed by atoms with Gasteiger partial charge in [-0.2, -0.15) is 0 Å². The zero-order valence-corrected chi connectivity index (χ0v) is 20.2. The summed E-state index contributed by atoms with van der Waals surface area (Å²) in [5.41, 5.74) is 3.50. The molecule has 1 aliphatic rings. The Morgan fingerprint density at radius 3 is 2.44 bits per heavy atom. The number of hydrogen-bond donors (Lipinski definition) is 1. The van der Waals surface area contributed by atoms with Crippen LogP contribution in [-0.2, 0) is 9.53 Å². The lowest BCUT2D eigenvalue weighted by atomic mass is 9.82. The van der Waals surface area contributed by atoms with E-state index in [4.69, 9.17) is 9.47 Å². The highest BCUT2D eigenvalue weighted by molar-refractivity contribution is 5.86. The first-order valence-corrected chi connectivity index (χ1v) is 11.1. The van der Waals surface area contributed by atoms with Crippen molar-refractivity contribution in [3.63, 3.8) is 0 Å². The van der Waals surface area contributed by atoms with Gasteiger partial charge in [-0.1, -0.05) is 13.8 Å². The van der Waals surface area contributed by atoms with Crippen LogP contribution < -0.4 is 9.64 Å². The van der Waals surface area contributed by atoms with Gasteiger partial charge in [0, 0.05) is 48.4 Å². The molecule has 1 saturated heterocycles. The molecule has 0 radical (unpaired) electrons. The Hall–Kier alpha value is -2.67. The van der Waals surface area contributed by atoms with Crippen molar-refractivity contribution in [1.29, 1.82) is 0 Å². The summed E-state index contributed by atoms with van der Waals surface area (Å²) in [5, 5.41) is 10.2. The molecule has 1 N–H and O–H groups in total. The molecule has 174 valence electrons. The number of rotatable bonds is 6. The summed E-state index contributed by atoms with van der Waals surface area (Å²) in [7, 11) is 1.58. The Morgan fingerprint density at radius 1 is 1.22 bits per heavy atom. The Labute approximate surface area is 190 Å². The molecular weight excluding hydrogens is 406 g/mol. The van der Waals surface area contributed by atoms with Crippen LogP contribution in [0.2, 0.25) is 0 Å². The summed E-state index contributed by atoms with van der Waals surface area (Å²) >= 11 is 0. The molecule has 0 bridgehead atoms. The molecule has 1 atom stereocenters. The van der Waals surface area contributed by atoms with Gasteiger partial charge in [0.05, 0.1) is 18.4 Å². The van der Waals surface area contributed by atoms with Crippen LogP contribution in [0.25, 0.3) is 11.1 Å². The van der Waals surface area contributed by atoms with E-state index in [2.05, 4.69) is 28.7 Å². The predicted octanol–water partition coefficient (Wildman–Crippen LogP) is 5.03. The van der Waals surface area contributed by atoms with Gasteiger partial charge in [-0.05, 0) is 57.6 Å². The van der Waals surface area contributed by atoms with Crippen LogP contribution in [0, 0.1) is 12.3 Å². The molecular formula is C25H35N3O4. The summed E-state index contributed by atoms with van der Waals surface area (Å²) in [4.78, 5) is 23.5. The van der Waals surface area contributed by atoms with Crippen molar-refractivity contribution in [2.75, 3.05) is 25.1 Å². The molecule has 0 aromatic carbocycles. The van der Waals surface area contributed by atoms with E-state index in [0.29, 0.717) is 17.1 Å². The van der Waals surface area contributed by atoms with E-state index >= 15 is 0 Å². The SMILES string of the molecule is COc1cc(-c2cnc(C)c(C(OC(C)(C)C)C(=O)O)c2N2CCC(C)(C)CC2)ccn1. The molecule has 3 rings (SSSR count). The normalized spacial score (nSPS) is 17.2. The number of piperidine rings is 1. The standard InChI is InChI=1S/C25H35N3O4/c1-16-20(22(23(29)30)32-24(2,3)4)21(28-12-9-25(5,6)10-13-28)18(15-27-16)17-8-11-26-19(14-17)31-7/h8,11,14-15,22H,9-10,12-13H2,1-7H3,(H,29,30). The van der Waals surface area contributed by atoms with E-state index in [1.807, 2.05) is 46.0 Å². The molecule has 0 saturated carbocycles. The second kappa shape index (κ2) is 9.06. The highest BCUT2D eigenvalue weighted by atomic mass is 16.5. The Balaban J connectivity index is 2.24. The van der Waals surface area contributed by atoms with Crippen LogP contribution in [0.3, 0.4) is 0 Å². The van der Waals surface area contributed by atoms with Gasteiger partial charge in [0.1, 0.15) is 0 Å². The van der Waals surface area contributed by atoms with Crippen LogP contribution >= 0.6 is 0 Å². The van der Waals surface area contributed by atoms with Gasteiger partial charge in [-0.15, -0.1) is 0 Å². The van der Waals surface area contributed by atoms with E-state index in [-0.39, 0.29) is 5.41 Å². The van der Waals surface area contributed by atoms with Gasteiger partial charge in [0.2, 0.25) is 5.88 Å². The van der Waals surface area contributed by atoms with Crippen molar-refractivity contribution >= 4 is 11.7 Å². The lowest BCUT2D eigenvalue weighted by Crippen LogP contribution is -2.39. The minimum Gasteiger partial charge on any atom is -0.481 e. The monoisotopic (exact) mass is 441 g/mol. The van der Waals surface area contributed by atoms with Gasteiger partial charge in [0.15, 0.2) is 6.10 Å². The fraction of sp³-hybridized carbons (Fsp3) is 0.560. The number of carboxylic acids is 1. The Bertz CT molecular complexity index is 972. The number of aliphatic carboxylic acids is 1. The second-order valence-electron chi connectivity index (χ2n) is 10.2. The number of hydrogen-bond acceptors (Lipinski definition) is 6. The maximum absolute atomic E-state index is 12.4. The van der Waals surface area contributed by atoms with Crippen LogP contribution in [0.4, 0.5) is 5.69 Å². The first-order valence-electron chi connectivity index (χ1n) is 11.1. The van der Waals surface area contributed by atoms with Gasteiger partial charge < -0.3 is 19.5 Å². The third-order valence-electron chi connectivity index (χ3n) is 5.93. The molecule has 7 heteroatoms. The molecule has 3 heterocycles. The highest BCUT2D eigenvalue weighted by Gasteiger charge is 2.35. The smallest absolute Gasteiger partial charge is 0.337 e. The first-order chi connectivity index (χ1) is 14.9. The van der Waals surface area contributed by atoms with Crippen LogP contribution in [0.5, 0.6) is 5.88 Å².